The molecule has 1 saturated heterocycles. The summed E-state index contributed by atoms with van der Waals surface area (Å²) >= 11 is 0. The number of ether oxygens (including phenoxy) is 1. The van der Waals surface area contributed by atoms with Crippen LogP contribution >= 0.6 is 0 Å². The van der Waals surface area contributed by atoms with E-state index in [2.05, 4.69) is 20.3 Å². The minimum absolute atomic E-state index is 0.0825. The van der Waals surface area contributed by atoms with Crippen molar-refractivity contribution < 1.29 is 18.7 Å². The van der Waals surface area contributed by atoms with E-state index in [0.717, 1.165) is 12.8 Å². The molecule has 0 bridgehead atoms. The van der Waals surface area contributed by atoms with Gasteiger partial charge in [-0.3, -0.25) is 9.59 Å². The number of carbonyl (C=O) groups is 2. The lowest BCUT2D eigenvalue weighted by Gasteiger charge is -2.17. The Kier molecular flexibility index (Phi) is 6.40. The second kappa shape index (κ2) is 9.52. The van der Waals surface area contributed by atoms with Crippen molar-refractivity contribution in [2.45, 2.75) is 53.0 Å². The molecule has 1 saturated carbocycles. The molecule has 9 heteroatoms. The van der Waals surface area contributed by atoms with Gasteiger partial charge in [0.1, 0.15) is 29.1 Å². The normalized spacial score (nSPS) is 19.6. The van der Waals surface area contributed by atoms with E-state index >= 15 is 4.39 Å². The first-order chi connectivity index (χ1) is 17.3. The molecule has 5 rings (SSSR count). The lowest BCUT2D eigenvalue weighted by molar-refractivity contribution is -0.129. The fourth-order valence-electron chi connectivity index (χ4n) is 4.91. The van der Waals surface area contributed by atoms with Crippen LogP contribution in [-0.4, -0.2) is 57.4 Å². The third-order valence-corrected chi connectivity index (χ3v) is 7.29. The molecule has 3 heterocycles. The predicted octanol–water partition coefficient (Wildman–Crippen LogP) is 4.16. The van der Waals surface area contributed by atoms with E-state index in [-0.39, 0.29) is 29.3 Å². The summed E-state index contributed by atoms with van der Waals surface area (Å²) in [4.78, 5) is 39.4. The summed E-state index contributed by atoms with van der Waals surface area (Å²) in [5.74, 6) is 0.482. The molecular formula is C27H32FN5O3. The molecule has 0 unspecified atom stereocenters. The first-order valence-corrected chi connectivity index (χ1v) is 12.6. The monoisotopic (exact) mass is 493 g/mol. The van der Waals surface area contributed by atoms with Crippen LogP contribution in [0.3, 0.4) is 0 Å². The van der Waals surface area contributed by atoms with Gasteiger partial charge in [0.15, 0.2) is 0 Å². The van der Waals surface area contributed by atoms with Gasteiger partial charge in [-0.2, -0.15) is 0 Å². The van der Waals surface area contributed by atoms with Crippen molar-refractivity contribution in [3.8, 4) is 17.0 Å². The van der Waals surface area contributed by atoms with Crippen LogP contribution in [0.2, 0.25) is 0 Å². The number of rotatable bonds is 7. The number of aromatic nitrogens is 3. The topological polar surface area (TPSA) is 100 Å². The molecule has 0 spiro atoms. The van der Waals surface area contributed by atoms with Crippen molar-refractivity contribution in [1.82, 2.24) is 25.2 Å². The van der Waals surface area contributed by atoms with Crippen molar-refractivity contribution in [3.05, 3.63) is 41.1 Å². The van der Waals surface area contributed by atoms with E-state index < -0.39 is 5.82 Å². The number of benzene rings is 1. The molecule has 2 amide bonds. The number of carbonyl (C=O) groups excluding carboxylic acids is 2. The van der Waals surface area contributed by atoms with Crippen LogP contribution in [-0.2, 0) is 4.79 Å². The molecule has 1 aromatic carbocycles. The fourth-order valence-corrected chi connectivity index (χ4v) is 4.91. The molecule has 2 fully saturated rings. The molecule has 2 atom stereocenters. The Labute approximate surface area is 209 Å². The Bertz CT molecular complexity index is 1330. The molecule has 36 heavy (non-hydrogen) atoms. The van der Waals surface area contributed by atoms with Gasteiger partial charge in [0.25, 0.3) is 5.91 Å². The molecule has 2 aromatic heterocycles. The summed E-state index contributed by atoms with van der Waals surface area (Å²) in [6, 6.07) is 3.32. The van der Waals surface area contributed by atoms with Gasteiger partial charge in [-0.1, -0.05) is 19.9 Å². The van der Waals surface area contributed by atoms with Crippen LogP contribution in [0.1, 0.15) is 54.7 Å². The van der Waals surface area contributed by atoms with Crippen LogP contribution in [0.4, 0.5) is 4.39 Å². The lowest BCUT2D eigenvalue weighted by Crippen LogP contribution is -2.40. The second-order valence-electron chi connectivity index (χ2n) is 10.1. The smallest absolute Gasteiger partial charge is 0.255 e. The van der Waals surface area contributed by atoms with Crippen LogP contribution in [0.25, 0.3) is 22.3 Å². The zero-order chi connectivity index (χ0) is 25.6. The predicted molar refractivity (Wildman–Crippen MR) is 134 cm³/mol. The first kappa shape index (κ1) is 24.2. The van der Waals surface area contributed by atoms with Gasteiger partial charge in [-0.05, 0) is 50.2 Å². The summed E-state index contributed by atoms with van der Waals surface area (Å²) < 4.78 is 21.5. The number of halogens is 1. The van der Waals surface area contributed by atoms with Gasteiger partial charge in [-0.15, -0.1) is 0 Å². The summed E-state index contributed by atoms with van der Waals surface area (Å²) in [7, 11) is 0. The number of amides is 2. The maximum absolute atomic E-state index is 15.5. The van der Waals surface area contributed by atoms with E-state index in [4.69, 9.17) is 4.74 Å². The highest BCUT2D eigenvalue weighted by atomic mass is 19.1. The largest absolute Gasteiger partial charge is 0.492 e. The molecule has 1 aliphatic carbocycles. The zero-order valence-corrected chi connectivity index (χ0v) is 21.2. The summed E-state index contributed by atoms with van der Waals surface area (Å²) in [6.07, 6.45) is 4.05. The second-order valence-corrected chi connectivity index (χ2v) is 10.1. The van der Waals surface area contributed by atoms with Crippen molar-refractivity contribution >= 4 is 22.8 Å². The van der Waals surface area contributed by atoms with Crippen molar-refractivity contribution in [2.24, 2.45) is 11.8 Å². The highest BCUT2D eigenvalue weighted by molar-refractivity contribution is 6.09. The maximum atomic E-state index is 15.5. The van der Waals surface area contributed by atoms with E-state index in [1.54, 1.807) is 30.9 Å². The van der Waals surface area contributed by atoms with E-state index in [1.807, 2.05) is 13.8 Å². The quantitative estimate of drug-likeness (QED) is 0.515. The van der Waals surface area contributed by atoms with Gasteiger partial charge < -0.3 is 19.9 Å². The van der Waals surface area contributed by atoms with Crippen LogP contribution in [0.15, 0.2) is 18.5 Å². The fraction of sp³-hybridized carbons (Fsp3) is 0.481. The summed E-state index contributed by atoms with van der Waals surface area (Å²) in [5.41, 5.74) is 3.05. The minimum Gasteiger partial charge on any atom is -0.492 e. The molecule has 1 aliphatic heterocycles. The Morgan fingerprint density at radius 1 is 1.22 bits per heavy atom. The number of aryl methyl sites for hydroxylation is 2. The Balaban J connectivity index is 1.49. The average Bonchev–Trinajstić information content (AvgIpc) is 3.53. The number of hydrogen-bond donors (Lipinski definition) is 2. The molecule has 2 aliphatic rings. The average molecular weight is 494 g/mol. The molecule has 190 valence electrons. The molecular weight excluding hydrogens is 461 g/mol. The van der Waals surface area contributed by atoms with E-state index in [9.17, 15) is 9.59 Å². The van der Waals surface area contributed by atoms with Crippen LogP contribution in [0.5, 0.6) is 5.75 Å². The maximum Gasteiger partial charge on any atom is 0.255 e. The molecule has 3 aromatic rings. The Morgan fingerprint density at radius 2 is 2.00 bits per heavy atom. The summed E-state index contributed by atoms with van der Waals surface area (Å²) in [5, 5.41) is 3.09. The number of H-pyrrole nitrogens is 1. The first-order valence-electron chi connectivity index (χ1n) is 12.6. The number of hydrogen-bond acceptors (Lipinski definition) is 5. The number of aromatic amines is 1. The highest BCUT2D eigenvalue weighted by Crippen LogP contribution is 2.39. The Morgan fingerprint density at radius 3 is 2.72 bits per heavy atom. The number of likely N-dealkylation sites (tertiary alicyclic amines) is 1. The molecule has 8 nitrogen and oxygen atoms in total. The molecule has 2 N–H and O–H groups in total. The number of nitrogens with one attached hydrogen (secondary N) is 2. The van der Waals surface area contributed by atoms with Gasteiger partial charge in [-0.25, -0.2) is 14.4 Å². The standard InChI is InChI=1S/C27H32FN5O3/c1-5-20(34)33-10-15(3)18(11-33)32-27(35)21-16(4)31-26-24(21)29-13-30-25(26)22-19(36-12-17-7-8-17)9-6-14(2)23(22)28/h6,9,13,15,17-18,31H,5,7-8,10-12H2,1-4H3,(H,32,35)/t15-,18-/m1/s1. The van der Waals surface area contributed by atoms with Gasteiger partial charge >= 0.3 is 0 Å². The number of fused-ring (bicyclic) bond motifs is 1. The zero-order valence-electron chi connectivity index (χ0n) is 21.2. The van der Waals surface area contributed by atoms with Crippen molar-refractivity contribution in [1.29, 1.82) is 0 Å². The van der Waals surface area contributed by atoms with E-state index in [1.165, 1.54) is 6.33 Å². The van der Waals surface area contributed by atoms with Crippen LogP contribution in [0, 0.1) is 31.5 Å². The molecule has 0 radical (unpaired) electrons. The highest BCUT2D eigenvalue weighted by Gasteiger charge is 2.34. The van der Waals surface area contributed by atoms with E-state index in [0.29, 0.717) is 71.3 Å². The third kappa shape index (κ3) is 4.42. The Hall–Kier alpha value is -3.49. The summed E-state index contributed by atoms with van der Waals surface area (Å²) in [6.45, 7) is 9.01. The third-order valence-electron chi connectivity index (χ3n) is 7.29. The number of nitrogens with zero attached hydrogens (tertiary/aromatic N) is 3. The van der Waals surface area contributed by atoms with Gasteiger partial charge in [0.2, 0.25) is 5.91 Å². The van der Waals surface area contributed by atoms with Crippen LogP contribution < -0.4 is 10.1 Å². The minimum atomic E-state index is -0.401. The van der Waals surface area contributed by atoms with Gasteiger partial charge in [0.05, 0.1) is 29.3 Å². The van der Waals surface area contributed by atoms with Crippen molar-refractivity contribution in [3.63, 3.8) is 0 Å². The van der Waals surface area contributed by atoms with Gasteiger partial charge in [0, 0.05) is 25.2 Å². The SMILES string of the molecule is CCC(=O)N1C[C@@H](C)[C@H](NC(=O)c2c(C)[nH]c3c(-c4c(OCC5CC5)ccc(C)c4F)ncnc23)C1. The van der Waals surface area contributed by atoms with Crippen molar-refractivity contribution in [2.75, 3.05) is 19.7 Å². The lowest BCUT2D eigenvalue weighted by atomic mass is 10.0.